The molecule has 7 heteroatoms. The first-order valence-corrected chi connectivity index (χ1v) is 8.42. The largest absolute Gasteiger partial charge is 0.497 e. The highest BCUT2D eigenvalue weighted by atomic mass is 32.1. The first kappa shape index (κ1) is 17.9. The summed E-state index contributed by atoms with van der Waals surface area (Å²) in [4.78, 5) is 26.7. The van der Waals surface area contributed by atoms with E-state index in [-0.39, 0.29) is 10.7 Å². The summed E-state index contributed by atoms with van der Waals surface area (Å²) in [5, 5.41) is 2.65. The average molecular weight is 369 g/mol. The minimum absolute atomic E-state index is 0.0446. The van der Waals surface area contributed by atoms with Crippen LogP contribution >= 0.6 is 12.2 Å². The van der Waals surface area contributed by atoms with Crippen molar-refractivity contribution in [3.8, 4) is 5.75 Å². The van der Waals surface area contributed by atoms with Crippen LogP contribution in [0.3, 0.4) is 0 Å². The highest BCUT2D eigenvalue weighted by Gasteiger charge is 2.34. The van der Waals surface area contributed by atoms with Crippen LogP contribution in [0.1, 0.15) is 17.0 Å². The van der Waals surface area contributed by atoms with Gasteiger partial charge in [0.15, 0.2) is 5.11 Å². The first-order chi connectivity index (χ1) is 12.3. The zero-order chi connectivity index (χ0) is 19.0. The number of carbonyl (C=O) groups excluding carboxylic acids is 2. The van der Waals surface area contributed by atoms with Crippen LogP contribution < -0.4 is 15.0 Å². The summed E-state index contributed by atoms with van der Waals surface area (Å²) in [6.45, 7) is 3.91. The van der Waals surface area contributed by atoms with Crippen LogP contribution in [0.4, 0.5) is 5.69 Å². The van der Waals surface area contributed by atoms with Gasteiger partial charge in [-0.15, -0.1) is 0 Å². The van der Waals surface area contributed by atoms with Gasteiger partial charge in [0.25, 0.3) is 11.8 Å². The summed E-state index contributed by atoms with van der Waals surface area (Å²) in [5.74, 6) is -0.283. The Kier molecular flexibility index (Phi) is 4.65. The predicted molar refractivity (Wildman–Crippen MR) is 104 cm³/mol. The van der Waals surface area contributed by atoms with E-state index in [1.165, 1.54) is 4.90 Å². The number of nitrogens with one attached hydrogen (secondary N) is 1. The molecule has 0 spiro atoms. The second kappa shape index (κ2) is 6.76. The maximum atomic E-state index is 13.0. The van der Waals surface area contributed by atoms with Crippen molar-refractivity contribution in [3.05, 3.63) is 52.9 Å². The summed E-state index contributed by atoms with van der Waals surface area (Å²) >= 11 is 5.20. The molecule has 2 aromatic rings. The Morgan fingerprint density at radius 1 is 1.15 bits per heavy atom. The summed E-state index contributed by atoms with van der Waals surface area (Å²) < 4.78 is 7.14. The molecule has 0 atom stereocenters. The molecule has 2 heterocycles. The Labute approximate surface area is 157 Å². The average Bonchev–Trinajstić information content (AvgIpc) is 2.86. The van der Waals surface area contributed by atoms with Crippen molar-refractivity contribution in [2.45, 2.75) is 13.8 Å². The molecule has 1 aliphatic rings. The Morgan fingerprint density at radius 2 is 1.81 bits per heavy atom. The van der Waals surface area contributed by atoms with Gasteiger partial charge < -0.3 is 9.30 Å². The van der Waals surface area contributed by atoms with Crippen LogP contribution in [0.25, 0.3) is 6.08 Å². The molecule has 1 N–H and O–H groups in total. The van der Waals surface area contributed by atoms with Gasteiger partial charge in [0.05, 0.1) is 12.8 Å². The van der Waals surface area contributed by atoms with Gasteiger partial charge in [-0.25, -0.2) is 0 Å². The van der Waals surface area contributed by atoms with Crippen molar-refractivity contribution in [2.75, 3.05) is 12.0 Å². The quantitative estimate of drug-likeness (QED) is 0.513. The van der Waals surface area contributed by atoms with E-state index in [1.807, 2.05) is 31.5 Å². The lowest BCUT2D eigenvalue weighted by molar-refractivity contribution is -0.122. The van der Waals surface area contributed by atoms with Crippen molar-refractivity contribution >= 4 is 40.9 Å². The highest BCUT2D eigenvalue weighted by molar-refractivity contribution is 7.80. The smallest absolute Gasteiger partial charge is 0.270 e. The van der Waals surface area contributed by atoms with E-state index in [0.29, 0.717) is 11.4 Å². The zero-order valence-corrected chi connectivity index (χ0v) is 15.8. The monoisotopic (exact) mass is 369 g/mol. The van der Waals surface area contributed by atoms with Crippen molar-refractivity contribution in [1.82, 2.24) is 9.88 Å². The molecule has 0 saturated carbocycles. The van der Waals surface area contributed by atoms with Crippen molar-refractivity contribution in [3.63, 3.8) is 0 Å². The molecule has 134 valence electrons. The predicted octanol–water partition coefficient (Wildman–Crippen LogP) is 2.48. The fourth-order valence-electron chi connectivity index (χ4n) is 2.81. The van der Waals surface area contributed by atoms with Crippen molar-refractivity contribution in [2.24, 2.45) is 7.05 Å². The Morgan fingerprint density at radius 3 is 2.35 bits per heavy atom. The molecule has 1 aliphatic heterocycles. The molecular formula is C19H19N3O3S. The third-order valence-electron chi connectivity index (χ3n) is 4.55. The van der Waals surface area contributed by atoms with E-state index in [1.54, 1.807) is 37.5 Å². The first-order valence-electron chi connectivity index (χ1n) is 8.02. The van der Waals surface area contributed by atoms with Crippen molar-refractivity contribution in [1.29, 1.82) is 0 Å². The maximum Gasteiger partial charge on any atom is 0.270 e. The normalized spacial score (nSPS) is 16.2. The van der Waals surface area contributed by atoms with Crippen LogP contribution in [0.2, 0.25) is 0 Å². The number of thiocarbonyl (C=S) groups is 1. The number of methoxy groups -OCH3 is 1. The number of rotatable bonds is 3. The van der Waals surface area contributed by atoms with Crippen LogP contribution in [-0.4, -0.2) is 28.6 Å². The van der Waals surface area contributed by atoms with E-state index in [4.69, 9.17) is 17.0 Å². The highest BCUT2D eigenvalue weighted by Crippen LogP contribution is 2.25. The van der Waals surface area contributed by atoms with Gasteiger partial charge in [0.1, 0.15) is 11.3 Å². The fraction of sp³-hybridized carbons (Fsp3) is 0.211. The van der Waals surface area contributed by atoms with E-state index >= 15 is 0 Å². The lowest BCUT2D eigenvalue weighted by atomic mass is 10.1. The van der Waals surface area contributed by atoms with Crippen LogP contribution in [0.5, 0.6) is 5.75 Å². The topological polar surface area (TPSA) is 63.6 Å². The fourth-order valence-corrected chi connectivity index (χ4v) is 3.09. The lowest BCUT2D eigenvalue weighted by Crippen LogP contribution is -2.54. The summed E-state index contributed by atoms with van der Waals surface area (Å²) in [6.07, 6.45) is 1.61. The van der Waals surface area contributed by atoms with Crippen molar-refractivity contribution < 1.29 is 14.3 Å². The molecule has 1 aromatic carbocycles. The molecule has 2 amide bonds. The summed E-state index contributed by atoms with van der Waals surface area (Å²) in [5.41, 5.74) is 3.45. The van der Waals surface area contributed by atoms with Crippen LogP contribution in [0, 0.1) is 13.8 Å². The molecule has 0 unspecified atom stereocenters. The number of hydrogen-bond acceptors (Lipinski definition) is 4. The number of aryl methyl sites for hydroxylation is 1. The molecule has 1 aromatic heterocycles. The minimum atomic E-state index is -0.495. The number of aromatic nitrogens is 1. The molecule has 6 nitrogen and oxygen atoms in total. The lowest BCUT2D eigenvalue weighted by Gasteiger charge is -2.29. The number of hydrogen-bond donors (Lipinski definition) is 1. The zero-order valence-electron chi connectivity index (χ0n) is 15.0. The van der Waals surface area contributed by atoms with Gasteiger partial charge in [0, 0.05) is 18.4 Å². The summed E-state index contributed by atoms with van der Waals surface area (Å²) in [6, 6.07) is 8.84. The van der Waals surface area contributed by atoms with Gasteiger partial charge in [-0.1, -0.05) is 0 Å². The number of nitrogens with zero attached hydrogens (tertiary/aromatic N) is 2. The number of benzene rings is 1. The SMILES string of the molecule is COc1ccc(N2C(=O)C(=Cc3cc(C)n(C)c3C)C(=O)NC2=S)cc1. The summed E-state index contributed by atoms with van der Waals surface area (Å²) in [7, 11) is 3.51. The van der Waals surface area contributed by atoms with Gasteiger partial charge in [-0.05, 0) is 68.0 Å². The number of carbonyl (C=O) groups is 2. The molecule has 0 aliphatic carbocycles. The Hall–Kier alpha value is -2.93. The van der Waals surface area contributed by atoms with E-state index in [2.05, 4.69) is 5.32 Å². The van der Waals surface area contributed by atoms with E-state index in [0.717, 1.165) is 17.0 Å². The molecular weight excluding hydrogens is 350 g/mol. The number of amides is 2. The number of anilines is 1. The molecule has 0 bridgehead atoms. The van der Waals surface area contributed by atoms with E-state index in [9.17, 15) is 9.59 Å². The standard InChI is InChI=1S/C19H19N3O3S/c1-11-9-13(12(2)21(11)3)10-16-17(23)20-19(26)22(18(16)24)14-5-7-15(25-4)8-6-14/h5-10H,1-4H3,(H,20,23,26). The molecule has 26 heavy (non-hydrogen) atoms. The van der Waals surface area contributed by atoms with Gasteiger partial charge >= 0.3 is 0 Å². The molecule has 1 fully saturated rings. The van der Waals surface area contributed by atoms with E-state index < -0.39 is 11.8 Å². The third kappa shape index (κ3) is 3.01. The van der Waals surface area contributed by atoms with Crippen LogP contribution in [0.15, 0.2) is 35.9 Å². The third-order valence-corrected chi connectivity index (χ3v) is 4.83. The Bertz CT molecular complexity index is 942. The van der Waals surface area contributed by atoms with Gasteiger partial charge in [0.2, 0.25) is 0 Å². The number of ether oxygens (including phenoxy) is 1. The van der Waals surface area contributed by atoms with Gasteiger partial charge in [-0.3, -0.25) is 19.8 Å². The molecule has 0 radical (unpaired) electrons. The minimum Gasteiger partial charge on any atom is -0.497 e. The maximum absolute atomic E-state index is 13.0. The Balaban J connectivity index is 2.02. The second-order valence-electron chi connectivity index (χ2n) is 6.04. The van der Waals surface area contributed by atoms with Gasteiger partial charge in [-0.2, -0.15) is 0 Å². The molecule has 1 saturated heterocycles. The van der Waals surface area contributed by atoms with Crippen LogP contribution in [-0.2, 0) is 16.6 Å². The molecule has 3 rings (SSSR count). The second-order valence-corrected chi connectivity index (χ2v) is 6.43.